The maximum Gasteiger partial charge on any atom is 0.129 e. The summed E-state index contributed by atoms with van der Waals surface area (Å²) in [5.41, 5.74) is 6.16. The Morgan fingerprint density at radius 3 is 2.50 bits per heavy atom. The summed E-state index contributed by atoms with van der Waals surface area (Å²) >= 11 is 0. The molecule has 0 radical (unpaired) electrons. The minimum atomic E-state index is -0.411. The SMILES string of the molecule is COC(C)(C)c1ncn(C)c1N. The molecule has 0 atom stereocenters. The van der Waals surface area contributed by atoms with Gasteiger partial charge in [0.2, 0.25) is 0 Å². The van der Waals surface area contributed by atoms with Crippen LogP contribution in [0.2, 0.25) is 0 Å². The summed E-state index contributed by atoms with van der Waals surface area (Å²) in [6.07, 6.45) is 1.69. The Morgan fingerprint density at radius 1 is 1.58 bits per heavy atom. The van der Waals surface area contributed by atoms with Crippen LogP contribution in [-0.2, 0) is 17.4 Å². The number of hydrogen-bond acceptors (Lipinski definition) is 3. The van der Waals surface area contributed by atoms with Gasteiger partial charge in [-0.05, 0) is 13.8 Å². The molecule has 0 unspecified atom stereocenters. The molecule has 0 amide bonds. The van der Waals surface area contributed by atoms with E-state index >= 15 is 0 Å². The second-order valence-corrected chi connectivity index (χ2v) is 3.30. The van der Waals surface area contributed by atoms with E-state index in [-0.39, 0.29) is 0 Å². The van der Waals surface area contributed by atoms with Crippen LogP contribution in [0.4, 0.5) is 5.82 Å². The van der Waals surface area contributed by atoms with E-state index in [1.165, 1.54) is 0 Å². The van der Waals surface area contributed by atoms with Crippen LogP contribution in [0.3, 0.4) is 0 Å². The standard InChI is InChI=1S/C8H15N3O/c1-8(2,12-4)6-7(9)11(3)5-10-6/h5H,9H2,1-4H3. The molecule has 1 heterocycles. The minimum Gasteiger partial charge on any atom is -0.383 e. The zero-order chi connectivity index (χ0) is 9.35. The number of nitrogen functional groups attached to an aromatic ring is 1. The van der Waals surface area contributed by atoms with Crippen molar-refractivity contribution in [3.63, 3.8) is 0 Å². The molecule has 0 saturated heterocycles. The van der Waals surface area contributed by atoms with Gasteiger partial charge in [-0.25, -0.2) is 4.98 Å². The summed E-state index contributed by atoms with van der Waals surface area (Å²) in [6.45, 7) is 3.87. The van der Waals surface area contributed by atoms with Crippen molar-refractivity contribution < 1.29 is 4.74 Å². The van der Waals surface area contributed by atoms with Crippen LogP contribution >= 0.6 is 0 Å². The number of ether oxygens (including phenoxy) is 1. The number of nitrogens with zero attached hydrogens (tertiary/aromatic N) is 2. The molecule has 0 spiro atoms. The smallest absolute Gasteiger partial charge is 0.129 e. The quantitative estimate of drug-likeness (QED) is 0.715. The van der Waals surface area contributed by atoms with Crippen molar-refractivity contribution in [2.45, 2.75) is 19.4 Å². The van der Waals surface area contributed by atoms with E-state index in [4.69, 9.17) is 10.5 Å². The van der Waals surface area contributed by atoms with Gasteiger partial charge < -0.3 is 15.0 Å². The van der Waals surface area contributed by atoms with Crippen molar-refractivity contribution >= 4 is 5.82 Å². The van der Waals surface area contributed by atoms with E-state index in [0.717, 1.165) is 5.69 Å². The predicted octanol–water partition coefficient (Wildman–Crippen LogP) is 0.884. The van der Waals surface area contributed by atoms with Gasteiger partial charge in [-0.3, -0.25) is 0 Å². The number of hydrogen-bond donors (Lipinski definition) is 1. The molecule has 1 aromatic rings. The molecular weight excluding hydrogens is 154 g/mol. The number of nitrogens with two attached hydrogens (primary N) is 1. The largest absolute Gasteiger partial charge is 0.383 e. The van der Waals surface area contributed by atoms with Crippen molar-refractivity contribution in [2.24, 2.45) is 7.05 Å². The van der Waals surface area contributed by atoms with E-state index in [9.17, 15) is 0 Å². The maximum absolute atomic E-state index is 5.78. The Bertz CT molecular complexity index is 278. The van der Waals surface area contributed by atoms with E-state index in [1.54, 1.807) is 18.0 Å². The lowest BCUT2D eigenvalue weighted by Gasteiger charge is -2.21. The van der Waals surface area contributed by atoms with E-state index in [1.807, 2.05) is 20.9 Å². The van der Waals surface area contributed by atoms with Gasteiger partial charge in [0.1, 0.15) is 17.1 Å². The average Bonchev–Trinajstić information content (AvgIpc) is 2.33. The molecule has 0 bridgehead atoms. The number of anilines is 1. The second kappa shape index (κ2) is 2.79. The maximum atomic E-state index is 5.78. The third kappa shape index (κ3) is 1.30. The highest BCUT2D eigenvalue weighted by Gasteiger charge is 2.25. The zero-order valence-electron chi connectivity index (χ0n) is 7.96. The summed E-state index contributed by atoms with van der Waals surface area (Å²) in [7, 11) is 3.51. The zero-order valence-corrected chi connectivity index (χ0v) is 7.96. The van der Waals surface area contributed by atoms with E-state index in [2.05, 4.69) is 4.98 Å². The van der Waals surface area contributed by atoms with Gasteiger partial charge in [0.05, 0.1) is 6.33 Å². The minimum absolute atomic E-state index is 0.411. The Labute approximate surface area is 72.3 Å². The molecule has 0 aliphatic heterocycles. The number of methoxy groups -OCH3 is 1. The summed E-state index contributed by atoms with van der Waals surface area (Å²) in [5, 5.41) is 0. The number of rotatable bonds is 2. The summed E-state index contributed by atoms with van der Waals surface area (Å²) in [4.78, 5) is 4.17. The van der Waals surface area contributed by atoms with Gasteiger partial charge >= 0.3 is 0 Å². The molecule has 1 rings (SSSR count). The second-order valence-electron chi connectivity index (χ2n) is 3.30. The predicted molar refractivity (Wildman–Crippen MR) is 47.7 cm³/mol. The van der Waals surface area contributed by atoms with Crippen LogP contribution in [0.25, 0.3) is 0 Å². The molecule has 2 N–H and O–H groups in total. The molecular formula is C8H15N3O. The van der Waals surface area contributed by atoms with Crippen molar-refractivity contribution in [3.8, 4) is 0 Å². The fraction of sp³-hybridized carbons (Fsp3) is 0.625. The lowest BCUT2D eigenvalue weighted by Crippen LogP contribution is -2.21. The summed E-state index contributed by atoms with van der Waals surface area (Å²) in [6, 6.07) is 0. The Kier molecular flexibility index (Phi) is 2.10. The van der Waals surface area contributed by atoms with Crippen molar-refractivity contribution in [1.82, 2.24) is 9.55 Å². The molecule has 1 aromatic heterocycles. The molecule has 0 saturated carbocycles. The fourth-order valence-electron chi connectivity index (χ4n) is 1.00. The monoisotopic (exact) mass is 169 g/mol. The lowest BCUT2D eigenvalue weighted by molar-refractivity contribution is 0.0165. The topological polar surface area (TPSA) is 53.1 Å². The first kappa shape index (κ1) is 9.06. The molecule has 0 aromatic carbocycles. The molecule has 0 fully saturated rings. The van der Waals surface area contributed by atoms with Gasteiger partial charge in [0, 0.05) is 14.2 Å². The van der Waals surface area contributed by atoms with Crippen molar-refractivity contribution in [1.29, 1.82) is 0 Å². The molecule has 4 nitrogen and oxygen atoms in total. The third-order valence-corrected chi connectivity index (χ3v) is 2.06. The Morgan fingerprint density at radius 2 is 2.17 bits per heavy atom. The lowest BCUT2D eigenvalue weighted by atomic mass is 10.1. The molecule has 68 valence electrons. The first-order valence-corrected chi connectivity index (χ1v) is 3.81. The highest BCUT2D eigenvalue weighted by Crippen LogP contribution is 2.26. The van der Waals surface area contributed by atoms with Crippen molar-refractivity contribution in [2.75, 3.05) is 12.8 Å². The summed E-state index contributed by atoms with van der Waals surface area (Å²) < 4.78 is 7.04. The Hall–Kier alpha value is -1.03. The van der Waals surface area contributed by atoms with Crippen LogP contribution < -0.4 is 5.73 Å². The van der Waals surface area contributed by atoms with Crippen LogP contribution in [0.15, 0.2) is 6.33 Å². The van der Waals surface area contributed by atoms with Crippen LogP contribution in [0.1, 0.15) is 19.5 Å². The normalized spacial score (nSPS) is 12.0. The first-order chi connectivity index (χ1) is 5.49. The fourth-order valence-corrected chi connectivity index (χ4v) is 1.00. The van der Waals surface area contributed by atoms with E-state index in [0.29, 0.717) is 5.82 Å². The Balaban J connectivity index is 3.11. The number of aryl methyl sites for hydroxylation is 1. The highest BCUT2D eigenvalue weighted by molar-refractivity contribution is 5.39. The molecule has 0 aliphatic carbocycles. The average molecular weight is 169 g/mol. The number of imidazole rings is 1. The van der Waals surface area contributed by atoms with Gasteiger partial charge in [-0.1, -0.05) is 0 Å². The third-order valence-electron chi connectivity index (χ3n) is 2.06. The van der Waals surface area contributed by atoms with Crippen LogP contribution in [-0.4, -0.2) is 16.7 Å². The van der Waals surface area contributed by atoms with E-state index < -0.39 is 5.60 Å². The number of aromatic nitrogens is 2. The molecule has 0 aliphatic rings. The van der Waals surface area contributed by atoms with Crippen LogP contribution in [0, 0.1) is 0 Å². The molecule has 4 heteroatoms. The van der Waals surface area contributed by atoms with Gasteiger partial charge in [0.25, 0.3) is 0 Å². The first-order valence-electron chi connectivity index (χ1n) is 3.81. The van der Waals surface area contributed by atoms with Gasteiger partial charge in [-0.2, -0.15) is 0 Å². The van der Waals surface area contributed by atoms with Gasteiger partial charge in [0.15, 0.2) is 0 Å². The highest BCUT2D eigenvalue weighted by atomic mass is 16.5. The van der Waals surface area contributed by atoms with Crippen molar-refractivity contribution in [3.05, 3.63) is 12.0 Å². The molecule has 12 heavy (non-hydrogen) atoms. The van der Waals surface area contributed by atoms with Gasteiger partial charge in [-0.15, -0.1) is 0 Å². The van der Waals surface area contributed by atoms with Crippen LogP contribution in [0.5, 0.6) is 0 Å². The summed E-state index contributed by atoms with van der Waals surface area (Å²) in [5.74, 6) is 0.654.